The molecule has 1 aromatic rings. The molecule has 0 bridgehead atoms. The maximum atomic E-state index is 11.9. The maximum Gasteiger partial charge on any atom is 0.270 e. The quantitative estimate of drug-likeness (QED) is 0.695. The first-order valence-electron chi connectivity index (χ1n) is 6.54. The Morgan fingerprint density at radius 2 is 2.16 bits per heavy atom. The number of rotatable bonds is 8. The summed E-state index contributed by atoms with van der Waals surface area (Å²) in [6, 6.07) is 1.68. The molecule has 0 fully saturated rings. The second-order valence-corrected chi connectivity index (χ2v) is 4.25. The van der Waals surface area contributed by atoms with Crippen LogP contribution < -0.4 is 10.6 Å². The van der Waals surface area contributed by atoms with E-state index < -0.39 is 0 Å². The fourth-order valence-electron chi connectivity index (χ4n) is 1.51. The molecule has 0 radical (unpaired) electrons. The summed E-state index contributed by atoms with van der Waals surface area (Å²) in [5.74, 6) is 0.324. The summed E-state index contributed by atoms with van der Waals surface area (Å²) < 4.78 is 4.92. The van der Waals surface area contributed by atoms with Crippen LogP contribution in [0.25, 0.3) is 0 Å². The molecule has 1 heterocycles. The molecule has 0 aromatic carbocycles. The molecule has 106 valence electrons. The molecule has 6 heteroatoms. The summed E-state index contributed by atoms with van der Waals surface area (Å²) in [7, 11) is 1.64. The molecule has 0 aliphatic rings. The molecule has 0 spiro atoms. The first-order chi connectivity index (χ1) is 9.17. The zero-order valence-corrected chi connectivity index (χ0v) is 11.8. The Kier molecular flexibility index (Phi) is 6.81. The van der Waals surface area contributed by atoms with Crippen molar-refractivity contribution in [3.05, 3.63) is 17.5 Å². The van der Waals surface area contributed by atoms with E-state index in [0.29, 0.717) is 24.8 Å². The van der Waals surface area contributed by atoms with Crippen LogP contribution in [0.15, 0.2) is 6.07 Å². The van der Waals surface area contributed by atoms with Crippen LogP contribution in [0.4, 0.5) is 5.95 Å². The SMILES string of the molecule is CCCNc1nc(C)cc(C(=O)NCCCOC)n1. The monoisotopic (exact) mass is 266 g/mol. The minimum atomic E-state index is -0.179. The van der Waals surface area contributed by atoms with Crippen LogP contribution >= 0.6 is 0 Å². The van der Waals surface area contributed by atoms with Gasteiger partial charge in [0.05, 0.1) is 0 Å². The van der Waals surface area contributed by atoms with Gasteiger partial charge < -0.3 is 15.4 Å². The number of aryl methyl sites for hydroxylation is 1. The highest BCUT2D eigenvalue weighted by Crippen LogP contribution is 2.05. The Labute approximate surface area is 114 Å². The van der Waals surface area contributed by atoms with Gasteiger partial charge >= 0.3 is 0 Å². The summed E-state index contributed by atoms with van der Waals surface area (Å²) >= 11 is 0. The van der Waals surface area contributed by atoms with Crippen molar-refractivity contribution in [3.63, 3.8) is 0 Å². The largest absolute Gasteiger partial charge is 0.385 e. The Balaban J connectivity index is 2.60. The predicted octanol–water partition coefficient (Wildman–Crippen LogP) is 1.37. The Morgan fingerprint density at radius 3 is 2.84 bits per heavy atom. The number of carbonyl (C=O) groups excluding carboxylic acids is 1. The Morgan fingerprint density at radius 1 is 1.37 bits per heavy atom. The molecule has 0 unspecified atom stereocenters. The van der Waals surface area contributed by atoms with Gasteiger partial charge in [-0.2, -0.15) is 0 Å². The highest BCUT2D eigenvalue weighted by molar-refractivity contribution is 5.92. The van der Waals surface area contributed by atoms with Gasteiger partial charge in [0.25, 0.3) is 5.91 Å². The van der Waals surface area contributed by atoms with Crippen LogP contribution in [0, 0.1) is 6.92 Å². The lowest BCUT2D eigenvalue weighted by molar-refractivity contribution is 0.0943. The summed E-state index contributed by atoms with van der Waals surface area (Å²) in [5.41, 5.74) is 1.17. The average molecular weight is 266 g/mol. The van der Waals surface area contributed by atoms with E-state index in [2.05, 4.69) is 27.5 Å². The van der Waals surface area contributed by atoms with Crippen molar-refractivity contribution in [2.75, 3.05) is 32.1 Å². The second kappa shape index (κ2) is 8.42. The van der Waals surface area contributed by atoms with E-state index in [9.17, 15) is 4.79 Å². The first-order valence-corrected chi connectivity index (χ1v) is 6.54. The number of aromatic nitrogens is 2. The molecular formula is C13H22N4O2. The van der Waals surface area contributed by atoms with E-state index in [1.807, 2.05) is 6.92 Å². The van der Waals surface area contributed by atoms with Gasteiger partial charge in [-0.1, -0.05) is 6.92 Å². The highest BCUT2D eigenvalue weighted by atomic mass is 16.5. The number of methoxy groups -OCH3 is 1. The highest BCUT2D eigenvalue weighted by Gasteiger charge is 2.09. The smallest absolute Gasteiger partial charge is 0.270 e. The number of ether oxygens (including phenoxy) is 1. The van der Waals surface area contributed by atoms with E-state index >= 15 is 0 Å². The maximum absolute atomic E-state index is 11.9. The molecular weight excluding hydrogens is 244 g/mol. The van der Waals surface area contributed by atoms with Crippen LogP contribution in [0.1, 0.15) is 35.9 Å². The molecule has 1 rings (SSSR count). The normalized spacial score (nSPS) is 10.3. The van der Waals surface area contributed by atoms with Crippen LogP contribution in [-0.4, -0.2) is 42.7 Å². The van der Waals surface area contributed by atoms with Gasteiger partial charge in [-0.05, 0) is 25.8 Å². The average Bonchev–Trinajstić information content (AvgIpc) is 2.40. The van der Waals surface area contributed by atoms with Crippen molar-refractivity contribution in [1.29, 1.82) is 0 Å². The third-order valence-electron chi connectivity index (χ3n) is 2.43. The standard InChI is InChI=1S/C13H22N4O2/c1-4-6-15-13-16-10(2)9-11(17-13)12(18)14-7-5-8-19-3/h9H,4-8H2,1-3H3,(H,14,18)(H,15,16,17). The van der Waals surface area contributed by atoms with E-state index in [-0.39, 0.29) is 5.91 Å². The number of amides is 1. The molecule has 2 N–H and O–H groups in total. The molecule has 0 aliphatic carbocycles. The van der Waals surface area contributed by atoms with Crippen LogP contribution in [-0.2, 0) is 4.74 Å². The molecule has 1 aromatic heterocycles. The Bertz CT molecular complexity index is 410. The number of anilines is 1. The van der Waals surface area contributed by atoms with Gasteiger partial charge in [0.2, 0.25) is 5.95 Å². The molecule has 0 saturated heterocycles. The topological polar surface area (TPSA) is 76.1 Å². The molecule has 6 nitrogen and oxygen atoms in total. The van der Waals surface area contributed by atoms with Crippen molar-refractivity contribution in [2.24, 2.45) is 0 Å². The minimum absolute atomic E-state index is 0.179. The van der Waals surface area contributed by atoms with Gasteiger partial charge in [-0.25, -0.2) is 9.97 Å². The molecule has 0 aliphatic heterocycles. The fraction of sp³-hybridized carbons (Fsp3) is 0.615. The number of hydrogen-bond donors (Lipinski definition) is 2. The van der Waals surface area contributed by atoms with Gasteiger partial charge in [0.15, 0.2) is 0 Å². The summed E-state index contributed by atoms with van der Waals surface area (Å²) in [5, 5.41) is 5.89. The van der Waals surface area contributed by atoms with E-state index in [4.69, 9.17) is 4.74 Å². The van der Waals surface area contributed by atoms with Gasteiger partial charge in [-0.15, -0.1) is 0 Å². The fourth-order valence-corrected chi connectivity index (χ4v) is 1.51. The lowest BCUT2D eigenvalue weighted by Crippen LogP contribution is -2.26. The summed E-state index contributed by atoms with van der Waals surface area (Å²) in [6.45, 7) is 5.91. The summed E-state index contributed by atoms with van der Waals surface area (Å²) in [4.78, 5) is 20.4. The number of carbonyl (C=O) groups is 1. The van der Waals surface area contributed by atoms with E-state index in [1.165, 1.54) is 0 Å². The Hall–Kier alpha value is -1.69. The van der Waals surface area contributed by atoms with Crippen molar-refractivity contribution in [2.45, 2.75) is 26.7 Å². The zero-order valence-electron chi connectivity index (χ0n) is 11.8. The van der Waals surface area contributed by atoms with Crippen LogP contribution in [0.2, 0.25) is 0 Å². The zero-order chi connectivity index (χ0) is 14.1. The first kappa shape index (κ1) is 15.4. The lowest BCUT2D eigenvalue weighted by atomic mass is 10.3. The number of hydrogen-bond acceptors (Lipinski definition) is 5. The summed E-state index contributed by atoms with van der Waals surface area (Å²) in [6.07, 6.45) is 1.77. The van der Waals surface area contributed by atoms with Crippen LogP contribution in [0.3, 0.4) is 0 Å². The molecule has 0 saturated carbocycles. The van der Waals surface area contributed by atoms with Crippen LogP contribution in [0.5, 0.6) is 0 Å². The molecule has 0 atom stereocenters. The number of nitrogens with zero attached hydrogens (tertiary/aromatic N) is 2. The molecule has 19 heavy (non-hydrogen) atoms. The van der Waals surface area contributed by atoms with Crippen molar-refractivity contribution >= 4 is 11.9 Å². The van der Waals surface area contributed by atoms with Gasteiger partial charge in [-0.3, -0.25) is 4.79 Å². The second-order valence-electron chi connectivity index (χ2n) is 4.25. The predicted molar refractivity (Wildman–Crippen MR) is 74.4 cm³/mol. The van der Waals surface area contributed by atoms with Crippen molar-refractivity contribution in [3.8, 4) is 0 Å². The van der Waals surface area contributed by atoms with E-state index in [0.717, 1.165) is 25.1 Å². The third kappa shape index (κ3) is 5.65. The van der Waals surface area contributed by atoms with Gasteiger partial charge in [0, 0.05) is 32.5 Å². The third-order valence-corrected chi connectivity index (χ3v) is 2.43. The van der Waals surface area contributed by atoms with Crippen molar-refractivity contribution < 1.29 is 9.53 Å². The minimum Gasteiger partial charge on any atom is -0.385 e. The number of nitrogens with one attached hydrogen (secondary N) is 2. The molecule has 1 amide bonds. The van der Waals surface area contributed by atoms with Crippen molar-refractivity contribution in [1.82, 2.24) is 15.3 Å². The lowest BCUT2D eigenvalue weighted by Gasteiger charge is -2.08. The van der Waals surface area contributed by atoms with E-state index in [1.54, 1.807) is 13.2 Å². The van der Waals surface area contributed by atoms with Gasteiger partial charge in [0.1, 0.15) is 5.69 Å².